The van der Waals surface area contributed by atoms with Crippen LogP contribution in [0.4, 0.5) is 0 Å². The summed E-state index contributed by atoms with van der Waals surface area (Å²) in [6, 6.07) is 16.6. The Balaban J connectivity index is 1.81. The molecule has 0 bridgehead atoms. The number of para-hydroxylation sites is 1. The fourth-order valence-corrected chi connectivity index (χ4v) is 3.90. The Bertz CT molecular complexity index is 1480. The van der Waals surface area contributed by atoms with Gasteiger partial charge >= 0.3 is 0 Å². The van der Waals surface area contributed by atoms with Gasteiger partial charge in [-0.15, -0.1) is 0 Å². The summed E-state index contributed by atoms with van der Waals surface area (Å²) in [5.41, 5.74) is 1.60. The van der Waals surface area contributed by atoms with Crippen molar-refractivity contribution >= 4 is 11.0 Å². The van der Waals surface area contributed by atoms with Crippen LogP contribution in [0.25, 0.3) is 28.1 Å². The number of ether oxygens (including phenoxy) is 3. The minimum atomic E-state index is -0.243. The van der Waals surface area contributed by atoms with Crippen molar-refractivity contribution in [2.75, 3.05) is 21.3 Å². The molecule has 0 fully saturated rings. The number of hydrogen-bond acceptors (Lipinski definition) is 7. The number of hydrogen-bond donors (Lipinski definition) is 0. The molecule has 0 atom stereocenters. The molecule has 0 aliphatic rings. The summed E-state index contributed by atoms with van der Waals surface area (Å²) in [4.78, 5) is 18.6. The normalized spacial score (nSPS) is 11.0. The van der Waals surface area contributed by atoms with Gasteiger partial charge in [-0.05, 0) is 36.4 Å². The molecule has 172 valence electrons. The second-order valence-electron chi connectivity index (χ2n) is 7.45. The zero-order valence-electron chi connectivity index (χ0n) is 18.9. The van der Waals surface area contributed by atoms with Crippen LogP contribution in [0.5, 0.6) is 17.2 Å². The van der Waals surface area contributed by atoms with Gasteiger partial charge in [-0.2, -0.15) is 5.10 Å². The SMILES string of the molecule is COc1cc(-c2nc3c(cnn3-c3ccccc3)c(=O)n2Cc2ccco2)cc(OC)c1OC. The van der Waals surface area contributed by atoms with Crippen molar-refractivity contribution < 1.29 is 18.6 Å². The summed E-state index contributed by atoms with van der Waals surface area (Å²) in [5.74, 6) is 2.38. The van der Waals surface area contributed by atoms with Crippen LogP contribution >= 0.6 is 0 Å². The number of fused-ring (bicyclic) bond motifs is 1. The summed E-state index contributed by atoms with van der Waals surface area (Å²) in [6.45, 7) is 0.192. The lowest BCUT2D eigenvalue weighted by Gasteiger charge is -2.16. The lowest BCUT2D eigenvalue weighted by molar-refractivity contribution is 0.324. The van der Waals surface area contributed by atoms with E-state index in [0.717, 1.165) is 5.69 Å². The molecule has 3 aromatic heterocycles. The Kier molecular flexibility index (Phi) is 5.51. The molecule has 0 N–H and O–H groups in total. The first-order valence-corrected chi connectivity index (χ1v) is 10.5. The minimum Gasteiger partial charge on any atom is -0.493 e. The van der Waals surface area contributed by atoms with Crippen LogP contribution in [0.15, 0.2) is 76.3 Å². The fraction of sp³-hybridized carbons (Fsp3) is 0.160. The molecule has 0 radical (unpaired) electrons. The third-order valence-corrected chi connectivity index (χ3v) is 5.50. The van der Waals surface area contributed by atoms with Crippen molar-refractivity contribution in [3.8, 4) is 34.3 Å². The molecule has 5 rings (SSSR count). The van der Waals surface area contributed by atoms with E-state index in [9.17, 15) is 4.79 Å². The van der Waals surface area contributed by atoms with E-state index in [1.54, 1.807) is 33.7 Å². The zero-order valence-corrected chi connectivity index (χ0v) is 18.9. The van der Waals surface area contributed by atoms with Crippen molar-refractivity contribution in [2.24, 2.45) is 0 Å². The van der Waals surface area contributed by atoms with E-state index < -0.39 is 0 Å². The molecule has 2 aromatic carbocycles. The van der Waals surface area contributed by atoms with E-state index in [-0.39, 0.29) is 12.1 Å². The summed E-state index contributed by atoms with van der Waals surface area (Å²) in [5, 5.41) is 4.84. The van der Waals surface area contributed by atoms with Gasteiger partial charge in [0.25, 0.3) is 5.56 Å². The molecular weight excluding hydrogens is 436 g/mol. The van der Waals surface area contributed by atoms with Crippen molar-refractivity contribution in [3.63, 3.8) is 0 Å². The molecule has 9 heteroatoms. The number of nitrogens with zero attached hydrogens (tertiary/aromatic N) is 4. The van der Waals surface area contributed by atoms with Crippen LogP contribution in [-0.4, -0.2) is 40.7 Å². The molecule has 0 aliphatic heterocycles. The molecule has 0 saturated heterocycles. The van der Waals surface area contributed by atoms with Gasteiger partial charge in [0, 0.05) is 5.56 Å². The van der Waals surface area contributed by atoms with Crippen molar-refractivity contribution in [3.05, 3.63) is 83.2 Å². The van der Waals surface area contributed by atoms with Crippen LogP contribution < -0.4 is 19.8 Å². The van der Waals surface area contributed by atoms with Crippen molar-refractivity contribution in [1.29, 1.82) is 0 Å². The molecule has 34 heavy (non-hydrogen) atoms. The van der Waals surface area contributed by atoms with Gasteiger partial charge in [0.05, 0.1) is 46.0 Å². The number of methoxy groups -OCH3 is 3. The highest BCUT2D eigenvalue weighted by Crippen LogP contribution is 2.41. The number of furan rings is 1. The third-order valence-electron chi connectivity index (χ3n) is 5.50. The van der Waals surface area contributed by atoms with Crippen molar-refractivity contribution in [2.45, 2.75) is 6.54 Å². The predicted molar refractivity (Wildman–Crippen MR) is 126 cm³/mol. The maximum Gasteiger partial charge on any atom is 0.265 e. The van der Waals surface area contributed by atoms with Crippen LogP contribution in [0.1, 0.15) is 5.76 Å². The Morgan fingerprint density at radius 2 is 1.68 bits per heavy atom. The van der Waals surface area contributed by atoms with Crippen LogP contribution in [0.2, 0.25) is 0 Å². The number of benzene rings is 2. The van der Waals surface area contributed by atoms with E-state index in [2.05, 4.69) is 5.10 Å². The molecule has 5 aromatic rings. The number of aromatic nitrogens is 4. The van der Waals surface area contributed by atoms with E-state index in [1.165, 1.54) is 27.5 Å². The molecule has 0 aliphatic carbocycles. The highest BCUT2D eigenvalue weighted by molar-refractivity contribution is 5.79. The standard InChI is InChI=1S/C25H22N4O5/c1-31-20-12-16(13-21(32-2)22(20)33-3)23-27-24-19(14-26-29(24)17-8-5-4-6-9-17)25(30)28(23)15-18-10-7-11-34-18/h4-14H,15H2,1-3H3. The largest absolute Gasteiger partial charge is 0.493 e. The second kappa shape index (κ2) is 8.78. The van der Waals surface area contributed by atoms with Gasteiger partial charge in [-0.1, -0.05) is 18.2 Å². The highest BCUT2D eigenvalue weighted by Gasteiger charge is 2.21. The molecule has 0 spiro atoms. The Hall–Kier alpha value is -4.53. The maximum atomic E-state index is 13.7. The first kappa shape index (κ1) is 21.3. The molecule has 0 unspecified atom stereocenters. The van der Waals surface area contributed by atoms with Gasteiger partial charge in [-0.25, -0.2) is 9.67 Å². The Morgan fingerprint density at radius 3 is 2.29 bits per heavy atom. The Labute approximate surface area is 194 Å². The number of rotatable bonds is 7. The second-order valence-corrected chi connectivity index (χ2v) is 7.45. The topological polar surface area (TPSA) is 93.5 Å². The van der Waals surface area contributed by atoms with E-state index in [0.29, 0.717) is 45.4 Å². The molecule has 0 amide bonds. The van der Waals surface area contributed by atoms with Gasteiger partial charge in [0.15, 0.2) is 17.1 Å². The molecular formula is C25H22N4O5. The monoisotopic (exact) mass is 458 g/mol. The van der Waals surface area contributed by atoms with Gasteiger partial charge in [-0.3, -0.25) is 9.36 Å². The summed E-state index contributed by atoms with van der Waals surface area (Å²) in [6.07, 6.45) is 3.11. The molecule has 3 heterocycles. The highest BCUT2D eigenvalue weighted by atomic mass is 16.5. The Morgan fingerprint density at radius 1 is 0.941 bits per heavy atom. The quantitative estimate of drug-likeness (QED) is 0.365. The van der Waals surface area contributed by atoms with Gasteiger partial charge in [0.2, 0.25) is 5.75 Å². The van der Waals surface area contributed by atoms with Gasteiger partial charge in [0.1, 0.15) is 17.0 Å². The first-order chi connectivity index (χ1) is 16.6. The average Bonchev–Trinajstić information content (AvgIpc) is 3.55. The first-order valence-electron chi connectivity index (χ1n) is 10.5. The zero-order chi connectivity index (χ0) is 23.7. The summed E-state index contributed by atoms with van der Waals surface area (Å²) in [7, 11) is 4.62. The van der Waals surface area contributed by atoms with E-state index in [4.69, 9.17) is 23.6 Å². The summed E-state index contributed by atoms with van der Waals surface area (Å²) >= 11 is 0. The maximum absolute atomic E-state index is 13.7. The third kappa shape index (κ3) is 3.57. The van der Waals surface area contributed by atoms with Crippen LogP contribution in [-0.2, 0) is 6.54 Å². The van der Waals surface area contributed by atoms with Crippen LogP contribution in [0.3, 0.4) is 0 Å². The molecule has 9 nitrogen and oxygen atoms in total. The van der Waals surface area contributed by atoms with Gasteiger partial charge < -0.3 is 18.6 Å². The summed E-state index contributed by atoms with van der Waals surface area (Å²) < 4.78 is 25.2. The fourth-order valence-electron chi connectivity index (χ4n) is 3.90. The lowest BCUT2D eigenvalue weighted by atomic mass is 10.1. The average molecular weight is 458 g/mol. The lowest BCUT2D eigenvalue weighted by Crippen LogP contribution is -2.24. The smallest absolute Gasteiger partial charge is 0.265 e. The molecule has 0 saturated carbocycles. The van der Waals surface area contributed by atoms with Crippen molar-refractivity contribution in [1.82, 2.24) is 19.3 Å². The predicted octanol–water partition coefficient (Wildman–Crippen LogP) is 3.92. The van der Waals surface area contributed by atoms with E-state index >= 15 is 0 Å². The van der Waals surface area contributed by atoms with Crippen LogP contribution in [0, 0.1) is 0 Å². The minimum absolute atomic E-state index is 0.192. The van der Waals surface area contributed by atoms with E-state index in [1.807, 2.05) is 36.4 Å².